The number of nitrogens with two attached hydrogens (primary N) is 1. The molecule has 0 heterocycles. The molecule has 0 aromatic heterocycles. The van der Waals surface area contributed by atoms with Crippen molar-refractivity contribution in [3.63, 3.8) is 0 Å². The van der Waals surface area contributed by atoms with Crippen molar-refractivity contribution in [3.8, 4) is 69.0 Å². The van der Waals surface area contributed by atoms with Crippen LogP contribution in [0.2, 0.25) is 0 Å². The zero-order valence-electron chi connectivity index (χ0n) is 61.3. The average Bonchev–Trinajstić information content (AvgIpc) is 0.741. The number of aromatic hydroxyl groups is 8. The first kappa shape index (κ1) is 82.0. The van der Waals surface area contributed by atoms with E-state index in [9.17, 15) is 60.0 Å². The fourth-order valence-corrected chi connectivity index (χ4v) is 12.8. The Morgan fingerprint density at radius 3 is 0.945 bits per heavy atom. The van der Waals surface area contributed by atoms with Crippen molar-refractivity contribution in [2.75, 3.05) is 74.3 Å². The first-order valence-electron chi connectivity index (χ1n) is 36.0. The van der Waals surface area contributed by atoms with Crippen LogP contribution in [0, 0.1) is 0 Å². The molecule has 109 heavy (non-hydrogen) atoms. The van der Waals surface area contributed by atoms with Crippen LogP contribution in [0.3, 0.4) is 0 Å². The van der Waals surface area contributed by atoms with E-state index in [1.54, 1.807) is 48.5 Å². The lowest BCUT2D eigenvalue weighted by molar-refractivity contribution is -0.165. The Labute approximate surface area is 631 Å². The van der Waals surface area contributed by atoms with Crippen molar-refractivity contribution in [1.29, 1.82) is 0 Å². The maximum Gasteiger partial charge on any atom is 0.346 e. The van der Waals surface area contributed by atoms with Gasteiger partial charge in [0.15, 0.2) is 40.0 Å². The molecule has 0 amide bonds. The van der Waals surface area contributed by atoms with Crippen molar-refractivity contribution < 1.29 is 117 Å². The van der Waals surface area contributed by atoms with Crippen LogP contribution in [0.15, 0.2) is 146 Å². The molecule has 5 atom stereocenters. The highest BCUT2D eigenvalue weighted by Gasteiger charge is 2.36. The Morgan fingerprint density at radius 2 is 0.642 bits per heavy atom. The Morgan fingerprint density at radius 1 is 0.367 bits per heavy atom. The van der Waals surface area contributed by atoms with Crippen LogP contribution in [0.4, 0.5) is 0 Å². The van der Waals surface area contributed by atoms with Crippen LogP contribution in [0.1, 0.15) is 181 Å². The predicted octanol–water partition coefficient (Wildman–Crippen LogP) is 12.2. The van der Waals surface area contributed by atoms with Gasteiger partial charge in [-0.25, -0.2) is 24.7 Å². The van der Waals surface area contributed by atoms with Crippen molar-refractivity contribution in [2.24, 2.45) is 5.73 Å². The summed E-state index contributed by atoms with van der Waals surface area (Å²) in [6.07, 6.45) is 11.6. The molecule has 8 aromatic rings. The van der Waals surface area contributed by atoms with Gasteiger partial charge in [0.1, 0.15) is 75.2 Å². The lowest BCUT2D eigenvalue weighted by atomic mass is 9.75. The van der Waals surface area contributed by atoms with Crippen molar-refractivity contribution >= 4 is 23.9 Å². The number of methoxy groups -OCH3 is 1. The minimum Gasteiger partial charge on any atom is -0.507 e. The highest BCUT2D eigenvalue weighted by molar-refractivity contribution is 5.73. The van der Waals surface area contributed by atoms with Gasteiger partial charge in [0.05, 0.1) is 0 Å². The van der Waals surface area contributed by atoms with Gasteiger partial charge in [-0.1, -0.05) is 120 Å². The summed E-state index contributed by atoms with van der Waals surface area (Å²) in [5.74, 6) is -11.5. The summed E-state index contributed by atoms with van der Waals surface area (Å²) in [5, 5.41) is 100. The predicted molar refractivity (Wildman–Crippen MR) is 397 cm³/mol. The third kappa shape index (κ3) is 23.0. The number of phenols is 8. The van der Waals surface area contributed by atoms with E-state index in [1.807, 2.05) is 0 Å². The molecule has 0 fully saturated rings. The molecule has 1 aliphatic rings. The molecule has 5 unspecified atom stereocenters. The molecule has 0 aliphatic heterocycles. The summed E-state index contributed by atoms with van der Waals surface area (Å²) in [5.41, 5.74) is 12.8. The zero-order valence-corrected chi connectivity index (χ0v) is 61.3. The summed E-state index contributed by atoms with van der Waals surface area (Å²) >= 11 is 0. The van der Waals surface area contributed by atoms with Crippen LogP contribution >= 0.6 is 0 Å². The van der Waals surface area contributed by atoms with Gasteiger partial charge in [-0.2, -0.15) is 5.48 Å². The molecule has 12 N–H and O–H groups in total. The van der Waals surface area contributed by atoms with Gasteiger partial charge in [0, 0.05) is 113 Å². The Bertz CT molecular complexity index is 4270. The fourth-order valence-electron chi connectivity index (χ4n) is 12.8. The van der Waals surface area contributed by atoms with Gasteiger partial charge < -0.3 is 94.0 Å². The first-order valence-corrected chi connectivity index (χ1v) is 36.0. The summed E-state index contributed by atoms with van der Waals surface area (Å²) in [7, 11) is 2.84. The molecule has 8 aromatic carbocycles. The van der Waals surface area contributed by atoms with E-state index in [2.05, 4.69) is 24.8 Å². The second-order valence-corrected chi connectivity index (χ2v) is 25.9. The van der Waals surface area contributed by atoms with Gasteiger partial charge >= 0.3 is 23.9 Å². The van der Waals surface area contributed by atoms with E-state index in [4.69, 9.17) is 62.8 Å². The Balaban J connectivity index is 1.19. The summed E-state index contributed by atoms with van der Waals surface area (Å²) in [6.45, 7) is 1.25. The fraction of sp³-hybridized carbons (Fsp3) is 0.366. The topological polar surface area (TPSA) is 391 Å². The normalized spacial score (nSPS) is 14.8. The van der Waals surface area contributed by atoms with Crippen molar-refractivity contribution in [3.05, 3.63) is 212 Å². The molecule has 0 saturated heterocycles. The quantitative estimate of drug-likeness (QED) is 0.00558. The second kappa shape index (κ2) is 41.3. The number of ether oxygens (including phenoxy) is 10. The van der Waals surface area contributed by atoms with Crippen molar-refractivity contribution in [1.82, 2.24) is 11.0 Å². The lowest BCUT2D eigenvalue weighted by Crippen LogP contribution is -2.26. The van der Waals surface area contributed by atoms with Gasteiger partial charge in [-0.15, -0.1) is 0 Å². The van der Waals surface area contributed by atoms with Crippen LogP contribution in [-0.4, -0.2) is 145 Å². The standard InChI is InChI=1S/C82H95N3O24/c1-5-7-9-11-13-15-33-85-109-49-107-78(97)45-102-57-31-23-53(24-32-57)82-64-35-59(67(87)39-72(64)92)79(50-17-25-54(26-18-50)99-42-75(94)104-46-98-4)58-34-60(68(88)38-66(58)86)80(51-19-27-55(28-20-51)100-43-76(95)105-47-103-74(83)16-14-12-10-8-6-2)61-36-62(70(90)40-69(61)89)81(63-37-65(82)73(93)41-71(63)91)52-21-29-56(30-22-52)101-44-77(96)106-48-108-84-3/h17-32,34-41,74,79-82,84-93H,5-16,33,42-49,83H2,1-4H3. The SMILES string of the molecule is CCCCCCCCNOCOC(=O)COc1ccc(C2c3cc(c(O)cc3O)C(c3ccc(OCC(=O)OCOC)cc3)c3cc(c(O)cc3O)C(c3ccc(OCC(=O)OCOC(N)CCCCCCC)cc3)c3cc(c(O)cc3O)C(c3ccc(OCC(=O)OCONC)cc3)c3cc2c(O)cc3O)cc1. The minimum atomic E-state index is -1.30. The minimum absolute atomic E-state index is 0.0156. The number of carbonyl (C=O) groups is 4. The molecule has 582 valence electrons. The molecular formula is C82H95N3O24. The molecule has 0 spiro atoms. The third-order valence-corrected chi connectivity index (χ3v) is 18.3. The maximum atomic E-state index is 13.0. The largest absolute Gasteiger partial charge is 0.507 e. The van der Waals surface area contributed by atoms with E-state index in [1.165, 1.54) is 99.8 Å². The van der Waals surface area contributed by atoms with Gasteiger partial charge in [-0.3, -0.25) is 9.68 Å². The molecule has 1 aliphatic carbocycles. The zero-order chi connectivity index (χ0) is 77.8. The molecule has 8 bridgehead atoms. The van der Waals surface area contributed by atoms with E-state index >= 15 is 0 Å². The summed E-state index contributed by atoms with van der Waals surface area (Å²) in [4.78, 5) is 61.3. The number of hydrogen-bond acceptors (Lipinski definition) is 27. The summed E-state index contributed by atoms with van der Waals surface area (Å²) < 4.78 is 54.3. The Kier molecular flexibility index (Phi) is 31.1. The van der Waals surface area contributed by atoms with Crippen LogP contribution in [-0.2, 0) is 57.3 Å². The van der Waals surface area contributed by atoms with E-state index in [0.717, 1.165) is 82.1 Å². The van der Waals surface area contributed by atoms with E-state index < -0.39 is 140 Å². The van der Waals surface area contributed by atoms with E-state index in [0.29, 0.717) is 35.2 Å². The number of hydroxylamine groups is 2. The smallest absolute Gasteiger partial charge is 0.346 e. The van der Waals surface area contributed by atoms with Crippen molar-refractivity contribution in [2.45, 2.75) is 121 Å². The van der Waals surface area contributed by atoms with Gasteiger partial charge in [-0.05, 0) is 114 Å². The number of phenolic OH excluding ortho intramolecular Hbond substituents is 8. The molecule has 9 rings (SSSR count). The molecular weight excluding hydrogens is 1410 g/mol. The number of hydrogen-bond donors (Lipinski definition) is 11. The van der Waals surface area contributed by atoms with Gasteiger partial charge in [0.25, 0.3) is 0 Å². The highest BCUT2D eigenvalue weighted by Crippen LogP contribution is 2.54. The maximum absolute atomic E-state index is 13.0. The van der Waals surface area contributed by atoms with Crippen LogP contribution in [0.25, 0.3) is 0 Å². The highest BCUT2D eigenvalue weighted by atomic mass is 16.8. The summed E-state index contributed by atoms with van der Waals surface area (Å²) in [6, 6.07) is 35.2. The molecule has 27 heteroatoms. The monoisotopic (exact) mass is 1510 g/mol. The second-order valence-electron chi connectivity index (χ2n) is 25.9. The number of esters is 4. The van der Waals surface area contributed by atoms with Gasteiger partial charge in [0.2, 0.25) is 13.6 Å². The Hall–Kier alpha value is -11.0. The number of unbranched alkanes of at least 4 members (excludes halogenated alkanes) is 9. The number of fused-ring (bicyclic) bond motifs is 8. The third-order valence-electron chi connectivity index (χ3n) is 18.3. The number of nitrogens with one attached hydrogen (secondary N) is 2. The number of benzene rings is 8. The first-order chi connectivity index (χ1) is 52.8. The van der Waals surface area contributed by atoms with Crippen LogP contribution in [0.5, 0.6) is 69.0 Å². The average molecular weight is 1510 g/mol. The van der Waals surface area contributed by atoms with Crippen LogP contribution < -0.4 is 35.6 Å². The van der Waals surface area contributed by atoms with E-state index in [-0.39, 0.29) is 81.1 Å². The molecule has 0 radical (unpaired) electrons. The number of rotatable bonds is 40. The lowest BCUT2D eigenvalue weighted by Gasteiger charge is -2.30. The molecule has 0 saturated carbocycles. The molecule has 27 nitrogen and oxygen atoms in total. The number of carbonyl (C=O) groups excluding carboxylic acids is 4.